The third-order valence-electron chi connectivity index (χ3n) is 4.56. The lowest BCUT2D eigenvalue weighted by atomic mass is 10.1. The number of amides is 2. The Morgan fingerprint density at radius 2 is 1.90 bits per heavy atom. The van der Waals surface area contributed by atoms with Crippen molar-refractivity contribution >= 4 is 23.4 Å². The maximum atomic E-state index is 12.9. The van der Waals surface area contributed by atoms with Gasteiger partial charge in [0.05, 0.1) is 17.2 Å². The molecule has 1 fully saturated rings. The number of nitrogens with one attached hydrogen (secondary N) is 2. The molecule has 2 aliphatic heterocycles. The Balaban J connectivity index is 1.61. The molecule has 1 aromatic rings. The van der Waals surface area contributed by atoms with Crippen LogP contribution in [-0.2, 0) is 19.0 Å². The van der Waals surface area contributed by atoms with Crippen LogP contribution in [0.5, 0.6) is 5.75 Å². The monoisotopic (exact) mass is 435 g/mol. The normalized spacial score (nSPS) is 23.4. The summed E-state index contributed by atoms with van der Waals surface area (Å²) in [5.74, 6) is -0.0818. The Bertz CT molecular complexity index is 830. The Morgan fingerprint density at radius 3 is 2.55 bits per heavy atom. The number of hydrogen-bond donors (Lipinski definition) is 2. The number of benzene rings is 1. The molecule has 9 nitrogen and oxygen atoms in total. The van der Waals surface area contributed by atoms with Crippen molar-refractivity contribution in [3.63, 3.8) is 0 Å². The van der Waals surface area contributed by atoms with E-state index >= 15 is 0 Å². The second-order valence-electron chi connectivity index (χ2n) is 9.77. The van der Waals surface area contributed by atoms with Gasteiger partial charge in [-0.05, 0) is 59.7 Å². The molecule has 0 spiro atoms. The average Bonchev–Trinajstić information content (AvgIpc) is 3.35. The molecule has 0 aromatic heterocycles. The highest BCUT2D eigenvalue weighted by molar-refractivity contribution is 5.97. The van der Waals surface area contributed by atoms with Crippen LogP contribution in [0.3, 0.4) is 0 Å². The summed E-state index contributed by atoms with van der Waals surface area (Å²) >= 11 is 0. The summed E-state index contributed by atoms with van der Waals surface area (Å²) in [6.45, 7) is 11.6. The number of hydrogen-bond acceptors (Lipinski definition) is 7. The van der Waals surface area contributed by atoms with Crippen LogP contribution in [0.1, 0.15) is 41.5 Å². The molecule has 0 aliphatic carbocycles. The highest BCUT2D eigenvalue weighted by atomic mass is 16.8. The summed E-state index contributed by atoms with van der Waals surface area (Å²) in [6.07, 6.45) is -1.11. The summed E-state index contributed by atoms with van der Waals surface area (Å²) < 4.78 is 22.4. The predicted octanol–water partition coefficient (Wildman–Crippen LogP) is 3.09. The smallest absolute Gasteiger partial charge is 0.407 e. The molecule has 0 saturated carbocycles. The fraction of sp³-hybridized carbons (Fsp3) is 0.636. The fourth-order valence-corrected chi connectivity index (χ4v) is 3.12. The molecule has 3 unspecified atom stereocenters. The Kier molecular flexibility index (Phi) is 6.38. The Hall–Kier alpha value is -2.52. The largest absolute Gasteiger partial charge is 0.490 e. The van der Waals surface area contributed by atoms with Crippen molar-refractivity contribution in [1.29, 1.82) is 0 Å². The zero-order valence-corrected chi connectivity index (χ0v) is 19.3. The lowest BCUT2D eigenvalue weighted by Gasteiger charge is -2.22. The van der Waals surface area contributed by atoms with E-state index in [4.69, 9.17) is 18.9 Å². The van der Waals surface area contributed by atoms with Crippen molar-refractivity contribution in [1.82, 2.24) is 5.32 Å². The number of fused-ring (bicyclic) bond motifs is 1. The van der Waals surface area contributed by atoms with E-state index in [0.29, 0.717) is 11.4 Å². The Morgan fingerprint density at radius 1 is 1.19 bits per heavy atom. The van der Waals surface area contributed by atoms with Gasteiger partial charge in [0.2, 0.25) is 12.2 Å². The van der Waals surface area contributed by atoms with Crippen molar-refractivity contribution in [2.24, 2.45) is 5.92 Å². The third kappa shape index (κ3) is 6.48. The van der Waals surface area contributed by atoms with E-state index in [2.05, 4.69) is 10.6 Å². The number of carbonyl (C=O) groups excluding carboxylic acids is 2. The van der Waals surface area contributed by atoms with Gasteiger partial charge < -0.3 is 34.5 Å². The van der Waals surface area contributed by atoms with Crippen LogP contribution in [0.25, 0.3) is 0 Å². The quantitative estimate of drug-likeness (QED) is 0.685. The molecule has 2 aliphatic rings. The first-order chi connectivity index (χ1) is 14.3. The van der Waals surface area contributed by atoms with E-state index in [1.807, 2.05) is 39.0 Å². The van der Waals surface area contributed by atoms with Gasteiger partial charge in [-0.1, -0.05) is 0 Å². The van der Waals surface area contributed by atoms with Crippen molar-refractivity contribution in [3.8, 4) is 5.75 Å². The van der Waals surface area contributed by atoms with Gasteiger partial charge >= 0.3 is 6.09 Å². The molecular formula is C22H33N3O6. The molecule has 0 radical (unpaired) electrons. The number of carbonyl (C=O) groups is 2. The molecule has 9 heteroatoms. The standard InChI is InChI=1S/C22H33N3O6/c1-21(2,3)30-19-17(29-19)24-14-8-9-16-15(10-14)25(7)18(26)13(12-28-16)11-23-20(27)31-22(4,5)6/h8-10,13,17,19,24H,11-12H2,1-7H3,(H,23,27). The number of nitrogens with zero attached hydrogens (tertiary/aromatic N) is 1. The molecular weight excluding hydrogens is 402 g/mol. The van der Waals surface area contributed by atoms with E-state index in [-0.39, 0.29) is 37.2 Å². The van der Waals surface area contributed by atoms with Crippen LogP contribution in [-0.4, -0.2) is 55.9 Å². The molecule has 2 heterocycles. The Labute approximate surface area is 183 Å². The summed E-state index contributed by atoms with van der Waals surface area (Å²) in [7, 11) is 1.69. The first-order valence-corrected chi connectivity index (χ1v) is 10.4. The lowest BCUT2D eigenvalue weighted by molar-refractivity contribution is -0.122. The zero-order valence-electron chi connectivity index (χ0n) is 19.3. The van der Waals surface area contributed by atoms with Gasteiger partial charge in [-0.2, -0.15) is 0 Å². The lowest BCUT2D eigenvalue weighted by Crippen LogP contribution is -2.42. The van der Waals surface area contributed by atoms with Gasteiger partial charge in [-0.25, -0.2) is 4.79 Å². The third-order valence-corrected chi connectivity index (χ3v) is 4.56. The summed E-state index contributed by atoms with van der Waals surface area (Å²) in [5.41, 5.74) is 0.533. The van der Waals surface area contributed by atoms with Gasteiger partial charge in [0.1, 0.15) is 18.0 Å². The summed E-state index contributed by atoms with van der Waals surface area (Å²) in [6, 6.07) is 5.52. The first-order valence-electron chi connectivity index (χ1n) is 10.4. The predicted molar refractivity (Wildman–Crippen MR) is 116 cm³/mol. The van der Waals surface area contributed by atoms with Crippen LogP contribution >= 0.6 is 0 Å². The van der Waals surface area contributed by atoms with Crippen molar-refractivity contribution in [3.05, 3.63) is 18.2 Å². The van der Waals surface area contributed by atoms with Gasteiger partial charge in [0.25, 0.3) is 0 Å². The molecule has 0 bridgehead atoms. The van der Waals surface area contributed by atoms with E-state index in [9.17, 15) is 9.59 Å². The van der Waals surface area contributed by atoms with Gasteiger partial charge in [0, 0.05) is 19.3 Å². The fourth-order valence-electron chi connectivity index (χ4n) is 3.12. The van der Waals surface area contributed by atoms with E-state index < -0.39 is 17.6 Å². The minimum absolute atomic E-state index is 0.124. The number of ether oxygens (including phenoxy) is 4. The number of anilines is 2. The minimum atomic E-state index is -0.604. The molecule has 1 aromatic carbocycles. The number of alkyl carbamates (subject to hydrolysis) is 1. The van der Waals surface area contributed by atoms with Crippen molar-refractivity contribution < 1.29 is 28.5 Å². The van der Waals surface area contributed by atoms with E-state index in [0.717, 1.165) is 5.69 Å². The highest BCUT2D eigenvalue weighted by Gasteiger charge is 2.43. The summed E-state index contributed by atoms with van der Waals surface area (Å²) in [4.78, 5) is 26.4. The average molecular weight is 436 g/mol. The molecule has 172 valence electrons. The van der Waals surface area contributed by atoms with Gasteiger partial charge in [-0.15, -0.1) is 0 Å². The van der Waals surface area contributed by atoms with Gasteiger partial charge in [0.15, 0.2) is 6.23 Å². The molecule has 2 N–H and O–H groups in total. The second kappa shape index (κ2) is 8.55. The zero-order chi connectivity index (χ0) is 23.0. The maximum Gasteiger partial charge on any atom is 0.407 e. The number of epoxide rings is 1. The van der Waals surface area contributed by atoms with Crippen LogP contribution < -0.4 is 20.3 Å². The highest BCUT2D eigenvalue weighted by Crippen LogP contribution is 2.36. The second-order valence-corrected chi connectivity index (χ2v) is 9.77. The number of rotatable bonds is 5. The summed E-state index contributed by atoms with van der Waals surface area (Å²) in [5, 5.41) is 5.91. The molecule has 2 amide bonds. The minimum Gasteiger partial charge on any atom is -0.490 e. The first kappa shape index (κ1) is 23.1. The van der Waals surface area contributed by atoms with Gasteiger partial charge in [-0.3, -0.25) is 4.79 Å². The molecule has 3 atom stereocenters. The topological polar surface area (TPSA) is 102 Å². The molecule has 3 rings (SSSR count). The molecule has 1 saturated heterocycles. The van der Waals surface area contributed by atoms with Crippen LogP contribution in [0.2, 0.25) is 0 Å². The van der Waals surface area contributed by atoms with Crippen LogP contribution in [0.15, 0.2) is 18.2 Å². The molecule has 31 heavy (non-hydrogen) atoms. The van der Waals surface area contributed by atoms with Crippen LogP contribution in [0, 0.1) is 5.92 Å². The van der Waals surface area contributed by atoms with Crippen molar-refractivity contribution in [2.75, 3.05) is 30.4 Å². The SMILES string of the molecule is CN1C(=O)C(CNC(=O)OC(C)(C)C)COc2ccc(NC3OC3OC(C)(C)C)cc21. The van der Waals surface area contributed by atoms with E-state index in [1.165, 1.54) is 0 Å². The van der Waals surface area contributed by atoms with Crippen LogP contribution in [0.4, 0.5) is 16.2 Å². The maximum absolute atomic E-state index is 12.9. The van der Waals surface area contributed by atoms with E-state index in [1.54, 1.807) is 32.7 Å². The van der Waals surface area contributed by atoms with Crippen molar-refractivity contribution in [2.45, 2.75) is 65.3 Å².